The van der Waals surface area contributed by atoms with Crippen LogP contribution in [0.3, 0.4) is 0 Å². The molecule has 12 heavy (non-hydrogen) atoms. The average Bonchev–Trinajstić information content (AvgIpc) is 2.04. The van der Waals surface area contributed by atoms with Crippen molar-refractivity contribution in [2.45, 2.75) is 13.0 Å². The van der Waals surface area contributed by atoms with Crippen molar-refractivity contribution >= 4 is 6.03 Å². The van der Waals surface area contributed by atoms with Gasteiger partial charge < -0.3 is 15.1 Å². The minimum absolute atomic E-state index is 0.115. The summed E-state index contributed by atoms with van der Waals surface area (Å²) in [5.41, 5.74) is 0. The van der Waals surface area contributed by atoms with Gasteiger partial charge in [0.15, 0.2) is 0 Å². The highest BCUT2D eigenvalue weighted by Crippen LogP contribution is 2.04. The molecule has 0 saturated carbocycles. The summed E-state index contributed by atoms with van der Waals surface area (Å²) < 4.78 is 0. The number of urea groups is 1. The molecule has 1 heterocycles. The van der Waals surface area contributed by atoms with Crippen LogP contribution < -0.4 is 5.32 Å². The normalized spacial score (nSPS) is 23.9. The van der Waals surface area contributed by atoms with Crippen LogP contribution in [0.5, 0.6) is 0 Å². The summed E-state index contributed by atoms with van der Waals surface area (Å²) in [5, 5.41) is 3.25. The molecule has 0 bridgehead atoms. The second-order valence-electron chi connectivity index (χ2n) is 3.42. The van der Waals surface area contributed by atoms with Gasteiger partial charge in [0.25, 0.3) is 0 Å². The first-order valence-electron chi connectivity index (χ1n) is 4.31. The molecule has 0 aromatic carbocycles. The number of nitrogens with zero attached hydrogens (tertiary/aromatic N) is 2. The van der Waals surface area contributed by atoms with Gasteiger partial charge in [-0.1, -0.05) is 0 Å². The molecule has 0 spiro atoms. The predicted octanol–water partition coefficient (Wildman–Crippen LogP) is -0.0383. The van der Waals surface area contributed by atoms with Crippen LogP contribution in [-0.4, -0.2) is 55.6 Å². The average molecular weight is 171 g/mol. The second kappa shape index (κ2) is 3.76. The van der Waals surface area contributed by atoms with E-state index in [2.05, 4.69) is 12.2 Å². The lowest BCUT2D eigenvalue weighted by molar-refractivity contribution is 0.141. The Labute approximate surface area is 73.5 Å². The molecular weight excluding hydrogens is 154 g/mol. The molecule has 1 N–H and O–H groups in total. The molecule has 1 aliphatic rings. The van der Waals surface area contributed by atoms with E-state index in [1.807, 2.05) is 4.90 Å². The maximum Gasteiger partial charge on any atom is 0.319 e. The smallest absolute Gasteiger partial charge is 0.319 e. The van der Waals surface area contributed by atoms with Crippen molar-refractivity contribution < 1.29 is 4.79 Å². The second-order valence-corrected chi connectivity index (χ2v) is 3.42. The molecule has 0 unspecified atom stereocenters. The molecule has 4 heteroatoms. The molecule has 1 saturated heterocycles. The molecule has 0 aliphatic carbocycles. The first kappa shape index (κ1) is 9.32. The number of nitrogens with one attached hydrogen (secondary N) is 1. The van der Waals surface area contributed by atoms with E-state index in [1.54, 1.807) is 19.0 Å². The predicted molar refractivity (Wildman–Crippen MR) is 48.1 cm³/mol. The van der Waals surface area contributed by atoms with E-state index < -0.39 is 0 Å². The number of carbonyl (C=O) groups excluding carboxylic acids is 1. The van der Waals surface area contributed by atoms with E-state index in [0.717, 1.165) is 19.6 Å². The molecule has 1 aliphatic heterocycles. The van der Waals surface area contributed by atoms with Crippen molar-refractivity contribution in [2.24, 2.45) is 0 Å². The van der Waals surface area contributed by atoms with Crippen molar-refractivity contribution in [3.8, 4) is 0 Å². The topological polar surface area (TPSA) is 35.6 Å². The number of piperazine rings is 1. The summed E-state index contributed by atoms with van der Waals surface area (Å²) in [4.78, 5) is 15.1. The van der Waals surface area contributed by atoms with E-state index in [-0.39, 0.29) is 6.03 Å². The number of carbonyl (C=O) groups is 1. The molecule has 1 fully saturated rings. The van der Waals surface area contributed by atoms with Crippen LogP contribution in [0.1, 0.15) is 6.92 Å². The number of amides is 2. The summed E-state index contributed by atoms with van der Waals surface area (Å²) >= 11 is 0. The standard InChI is InChI=1S/C8H17N3O/c1-7-6-9-4-5-11(7)8(12)10(2)3/h7,9H,4-6H2,1-3H3/t7-/m1/s1. The van der Waals surface area contributed by atoms with E-state index >= 15 is 0 Å². The number of rotatable bonds is 0. The Morgan fingerprint density at radius 2 is 2.25 bits per heavy atom. The lowest BCUT2D eigenvalue weighted by Crippen LogP contribution is -2.54. The van der Waals surface area contributed by atoms with Gasteiger partial charge in [0.1, 0.15) is 0 Å². The molecule has 0 radical (unpaired) electrons. The summed E-state index contributed by atoms with van der Waals surface area (Å²) in [5.74, 6) is 0. The number of hydrogen-bond donors (Lipinski definition) is 1. The Bertz CT molecular complexity index is 170. The van der Waals surface area contributed by atoms with Crippen molar-refractivity contribution in [2.75, 3.05) is 33.7 Å². The van der Waals surface area contributed by atoms with E-state index in [9.17, 15) is 4.79 Å². The Hall–Kier alpha value is -0.770. The highest BCUT2D eigenvalue weighted by atomic mass is 16.2. The van der Waals surface area contributed by atoms with Crippen LogP contribution in [0.4, 0.5) is 4.79 Å². The fourth-order valence-corrected chi connectivity index (χ4v) is 1.38. The van der Waals surface area contributed by atoms with E-state index in [4.69, 9.17) is 0 Å². The van der Waals surface area contributed by atoms with Crippen molar-refractivity contribution in [1.29, 1.82) is 0 Å². The van der Waals surface area contributed by atoms with Crippen molar-refractivity contribution in [1.82, 2.24) is 15.1 Å². The third kappa shape index (κ3) is 1.88. The first-order chi connectivity index (χ1) is 5.63. The van der Waals surface area contributed by atoms with Gasteiger partial charge in [0.05, 0.1) is 0 Å². The van der Waals surface area contributed by atoms with Crippen molar-refractivity contribution in [3.05, 3.63) is 0 Å². The molecule has 70 valence electrons. The van der Waals surface area contributed by atoms with Crippen LogP contribution in [0.15, 0.2) is 0 Å². The first-order valence-corrected chi connectivity index (χ1v) is 4.31. The van der Waals surface area contributed by atoms with Gasteiger partial charge in [0, 0.05) is 39.8 Å². The Morgan fingerprint density at radius 3 is 2.75 bits per heavy atom. The SMILES string of the molecule is C[C@@H]1CNCCN1C(=O)N(C)C. The third-order valence-electron chi connectivity index (χ3n) is 2.13. The summed E-state index contributed by atoms with van der Waals surface area (Å²) in [6, 6.07) is 0.428. The zero-order valence-electron chi connectivity index (χ0n) is 8.00. The highest BCUT2D eigenvalue weighted by Gasteiger charge is 2.23. The van der Waals surface area contributed by atoms with Crippen LogP contribution in [-0.2, 0) is 0 Å². The molecule has 2 amide bonds. The molecule has 4 nitrogen and oxygen atoms in total. The minimum Gasteiger partial charge on any atom is -0.331 e. The molecule has 1 rings (SSSR count). The quantitative estimate of drug-likeness (QED) is 0.555. The molecular formula is C8H17N3O. The minimum atomic E-state index is 0.115. The van der Waals surface area contributed by atoms with Gasteiger partial charge >= 0.3 is 6.03 Å². The fourth-order valence-electron chi connectivity index (χ4n) is 1.38. The largest absolute Gasteiger partial charge is 0.331 e. The monoisotopic (exact) mass is 171 g/mol. The highest BCUT2D eigenvalue weighted by molar-refractivity contribution is 5.74. The van der Waals surface area contributed by atoms with Crippen LogP contribution in [0.25, 0.3) is 0 Å². The molecule has 1 atom stereocenters. The Morgan fingerprint density at radius 1 is 1.58 bits per heavy atom. The summed E-state index contributed by atoms with van der Waals surface area (Å²) in [6.07, 6.45) is 0. The maximum atomic E-state index is 11.5. The fraction of sp³-hybridized carbons (Fsp3) is 0.875. The van der Waals surface area contributed by atoms with Crippen molar-refractivity contribution in [3.63, 3.8) is 0 Å². The van der Waals surface area contributed by atoms with Gasteiger partial charge in [-0.15, -0.1) is 0 Å². The van der Waals surface area contributed by atoms with E-state index in [0.29, 0.717) is 6.04 Å². The lowest BCUT2D eigenvalue weighted by atomic mass is 10.2. The zero-order valence-corrected chi connectivity index (χ0v) is 8.00. The van der Waals surface area contributed by atoms with E-state index in [1.165, 1.54) is 0 Å². The summed E-state index contributed by atoms with van der Waals surface area (Å²) in [6.45, 7) is 4.69. The zero-order chi connectivity index (χ0) is 9.14. The Balaban J connectivity index is 2.53. The van der Waals surface area contributed by atoms with Crippen LogP contribution >= 0.6 is 0 Å². The molecule has 0 aromatic heterocycles. The van der Waals surface area contributed by atoms with Gasteiger partial charge in [-0.3, -0.25) is 0 Å². The maximum absolute atomic E-state index is 11.5. The summed E-state index contributed by atoms with van der Waals surface area (Å²) in [7, 11) is 3.58. The molecule has 0 aromatic rings. The van der Waals surface area contributed by atoms with Crippen LogP contribution in [0, 0.1) is 0 Å². The van der Waals surface area contributed by atoms with Gasteiger partial charge in [0.2, 0.25) is 0 Å². The van der Waals surface area contributed by atoms with Gasteiger partial charge in [-0.2, -0.15) is 0 Å². The van der Waals surface area contributed by atoms with Gasteiger partial charge in [-0.25, -0.2) is 4.79 Å². The van der Waals surface area contributed by atoms with Gasteiger partial charge in [-0.05, 0) is 6.92 Å². The Kier molecular flexibility index (Phi) is 2.92. The van der Waals surface area contributed by atoms with Crippen LogP contribution in [0.2, 0.25) is 0 Å². The number of hydrogen-bond acceptors (Lipinski definition) is 2. The third-order valence-corrected chi connectivity index (χ3v) is 2.13. The lowest BCUT2D eigenvalue weighted by Gasteiger charge is -2.35.